The lowest BCUT2D eigenvalue weighted by molar-refractivity contribution is 0.0269. The number of morpholine rings is 1. The highest BCUT2D eigenvalue weighted by Gasteiger charge is 2.39. The Kier molecular flexibility index (Phi) is 4.47. The Morgan fingerprint density at radius 2 is 2.07 bits per heavy atom. The Labute approximate surface area is 170 Å². The Hall–Kier alpha value is -2.20. The number of halogens is 1. The van der Waals surface area contributed by atoms with Crippen LogP contribution in [0.1, 0.15) is 6.42 Å². The zero-order valence-electron chi connectivity index (χ0n) is 14.8. The fraction of sp³-hybridized carbons (Fsp3) is 0.333. The van der Waals surface area contributed by atoms with Gasteiger partial charge in [-0.1, -0.05) is 23.4 Å². The van der Waals surface area contributed by atoms with Crippen molar-refractivity contribution in [2.24, 2.45) is 5.73 Å². The molecule has 3 atom stereocenters. The third-order valence-corrected chi connectivity index (χ3v) is 6.50. The van der Waals surface area contributed by atoms with Gasteiger partial charge in [0.1, 0.15) is 22.2 Å². The largest absolute Gasteiger partial charge is 0.382 e. The van der Waals surface area contributed by atoms with E-state index in [-0.39, 0.29) is 18.2 Å². The second kappa shape index (κ2) is 7.00. The minimum atomic E-state index is 0.0608. The molecule has 3 aromatic rings. The van der Waals surface area contributed by atoms with Crippen molar-refractivity contribution in [1.82, 2.24) is 19.9 Å². The minimum Gasteiger partial charge on any atom is -0.382 e. The van der Waals surface area contributed by atoms with Crippen molar-refractivity contribution >= 4 is 46.2 Å². The fourth-order valence-corrected chi connectivity index (χ4v) is 4.64. The van der Waals surface area contributed by atoms with Crippen molar-refractivity contribution in [2.75, 3.05) is 23.7 Å². The first-order valence-electron chi connectivity index (χ1n) is 8.94. The number of ether oxygens (including phenoxy) is 1. The van der Waals surface area contributed by atoms with Crippen LogP contribution in [0.15, 0.2) is 40.5 Å². The van der Waals surface area contributed by atoms with Crippen molar-refractivity contribution in [3.63, 3.8) is 0 Å². The quantitative estimate of drug-likeness (QED) is 0.663. The highest BCUT2D eigenvalue weighted by Crippen LogP contribution is 2.35. The molecule has 2 aliphatic heterocycles. The molecule has 2 aliphatic rings. The smallest absolute Gasteiger partial charge is 0.179 e. The molecule has 2 bridgehead atoms. The second-order valence-corrected chi connectivity index (χ2v) is 8.37. The summed E-state index contributed by atoms with van der Waals surface area (Å²) >= 11 is 7.63. The molecule has 2 saturated heterocycles. The van der Waals surface area contributed by atoms with Gasteiger partial charge in [0.25, 0.3) is 0 Å². The maximum atomic E-state index is 6.22. The number of nitrogens with zero attached hydrogens (tertiary/aromatic N) is 5. The van der Waals surface area contributed by atoms with E-state index >= 15 is 0 Å². The molecule has 0 spiro atoms. The van der Waals surface area contributed by atoms with Crippen molar-refractivity contribution in [2.45, 2.75) is 34.6 Å². The topological polar surface area (TPSA) is 116 Å². The SMILES string of the molecule is Nc1nccc(Sc2ccc3nc(N4CC5CC(N)C(C4)O5)cnc3n2)c1Cl. The van der Waals surface area contributed by atoms with E-state index in [0.717, 1.165) is 40.8 Å². The van der Waals surface area contributed by atoms with Gasteiger partial charge in [0.2, 0.25) is 0 Å². The van der Waals surface area contributed by atoms with Crippen LogP contribution in [-0.2, 0) is 4.74 Å². The normalized spacial score (nSPS) is 24.1. The van der Waals surface area contributed by atoms with Crippen LogP contribution >= 0.6 is 23.4 Å². The summed E-state index contributed by atoms with van der Waals surface area (Å²) < 4.78 is 5.88. The summed E-state index contributed by atoms with van der Waals surface area (Å²) in [6.45, 7) is 1.52. The minimum absolute atomic E-state index is 0.0608. The molecular weight excluding hydrogens is 398 g/mol. The number of aromatic nitrogens is 4. The molecule has 144 valence electrons. The summed E-state index contributed by atoms with van der Waals surface area (Å²) in [5, 5.41) is 1.19. The van der Waals surface area contributed by atoms with E-state index in [1.54, 1.807) is 18.5 Å². The van der Waals surface area contributed by atoms with Gasteiger partial charge in [0, 0.05) is 30.2 Å². The van der Waals surface area contributed by atoms with Gasteiger partial charge in [-0.15, -0.1) is 0 Å². The second-order valence-electron chi connectivity index (χ2n) is 6.93. The Balaban J connectivity index is 1.40. The molecule has 5 heterocycles. The molecule has 10 heteroatoms. The predicted molar refractivity (Wildman–Crippen MR) is 109 cm³/mol. The molecule has 8 nitrogen and oxygen atoms in total. The first-order chi connectivity index (χ1) is 13.6. The van der Waals surface area contributed by atoms with E-state index in [1.165, 1.54) is 11.8 Å². The van der Waals surface area contributed by atoms with Gasteiger partial charge in [-0.25, -0.2) is 19.9 Å². The lowest BCUT2D eigenvalue weighted by atomic mass is 10.1. The van der Waals surface area contributed by atoms with Crippen molar-refractivity contribution in [1.29, 1.82) is 0 Å². The molecule has 4 N–H and O–H groups in total. The number of hydrogen-bond donors (Lipinski definition) is 2. The number of fused-ring (bicyclic) bond motifs is 3. The third kappa shape index (κ3) is 3.24. The van der Waals surface area contributed by atoms with E-state index in [4.69, 9.17) is 32.8 Å². The van der Waals surface area contributed by atoms with Gasteiger partial charge in [0.15, 0.2) is 5.65 Å². The Morgan fingerprint density at radius 1 is 1.18 bits per heavy atom. The highest BCUT2D eigenvalue weighted by atomic mass is 35.5. The lowest BCUT2D eigenvalue weighted by Crippen LogP contribution is -2.46. The van der Waals surface area contributed by atoms with Gasteiger partial charge in [-0.05, 0) is 24.6 Å². The number of hydrogen-bond acceptors (Lipinski definition) is 9. The average Bonchev–Trinajstić information content (AvgIpc) is 2.96. The summed E-state index contributed by atoms with van der Waals surface area (Å²) in [4.78, 5) is 20.8. The lowest BCUT2D eigenvalue weighted by Gasteiger charge is -2.33. The number of rotatable bonds is 3. The Bertz CT molecular complexity index is 1050. The summed E-state index contributed by atoms with van der Waals surface area (Å²) in [6, 6.07) is 5.72. The molecule has 5 rings (SSSR count). The zero-order chi connectivity index (χ0) is 19.3. The predicted octanol–water partition coefficient (Wildman–Crippen LogP) is 2.11. The van der Waals surface area contributed by atoms with Crippen molar-refractivity contribution < 1.29 is 4.74 Å². The molecule has 0 radical (unpaired) electrons. The summed E-state index contributed by atoms with van der Waals surface area (Å²) in [5.41, 5.74) is 13.2. The van der Waals surface area contributed by atoms with E-state index in [0.29, 0.717) is 16.5 Å². The monoisotopic (exact) mass is 415 g/mol. The maximum Gasteiger partial charge on any atom is 0.179 e. The number of pyridine rings is 2. The average molecular weight is 416 g/mol. The standard InChI is InChI=1S/C18H18ClN7OS/c19-16-13(3-4-22-17(16)21)28-15-2-1-11-18(25-15)23-6-14(24-11)26-7-9-5-10(20)12(8-26)27-9/h1-4,6,9-10,12H,5,7-8,20H2,(H2,21,22). The number of nitrogens with two attached hydrogens (primary N) is 2. The molecule has 0 aliphatic carbocycles. The van der Waals surface area contributed by atoms with Gasteiger partial charge in [-0.2, -0.15) is 0 Å². The zero-order valence-corrected chi connectivity index (χ0v) is 16.4. The molecular formula is C18H18ClN7OS. The molecule has 0 amide bonds. The number of anilines is 2. The molecule has 28 heavy (non-hydrogen) atoms. The van der Waals surface area contributed by atoms with Crippen LogP contribution < -0.4 is 16.4 Å². The van der Waals surface area contributed by atoms with Crippen molar-refractivity contribution in [3.8, 4) is 0 Å². The molecule has 0 saturated carbocycles. The van der Waals surface area contributed by atoms with Gasteiger partial charge >= 0.3 is 0 Å². The maximum absolute atomic E-state index is 6.22. The first kappa shape index (κ1) is 17.9. The molecule has 3 aromatic heterocycles. The number of nitrogen functional groups attached to an aromatic ring is 1. The van der Waals surface area contributed by atoms with Crippen LogP contribution in [0.2, 0.25) is 5.02 Å². The van der Waals surface area contributed by atoms with E-state index in [1.807, 2.05) is 12.1 Å². The van der Waals surface area contributed by atoms with E-state index < -0.39 is 0 Å². The van der Waals surface area contributed by atoms with Crippen LogP contribution in [0.4, 0.5) is 11.6 Å². The Morgan fingerprint density at radius 3 is 2.93 bits per heavy atom. The summed E-state index contributed by atoms with van der Waals surface area (Å²) in [7, 11) is 0. The van der Waals surface area contributed by atoms with Crippen LogP contribution in [0.25, 0.3) is 11.2 Å². The first-order valence-corrected chi connectivity index (χ1v) is 10.1. The van der Waals surface area contributed by atoms with Crippen LogP contribution in [0, 0.1) is 0 Å². The summed E-state index contributed by atoms with van der Waals surface area (Å²) in [6.07, 6.45) is 4.51. The van der Waals surface area contributed by atoms with Gasteiger partial charge < -0.3 is 21.1 Å². The summed E-state index contributed by atoms with van der Waals surface area (Å²) in [5.74, 6) is 1.13. The van der Waals surface area contributed by atoms with Crippen LogP contribution in [0.3, 0.4) is 0 Å². The van der Waals surface area contributed by atoms with Crippen molar-refractivity contribution in [3.05, 3.63) is 35.6 Å². The molecule has 3 unspecified atom stereocenters. The van der Waals surface area contributed by atoms with Crippen LogP contribution in [-0.4, -0.2) is 51.3 Å². The van der Waals surface area contributed by atoms with Gasteiger partial charge in [-0.3, -0.25) is 0 Å². The van der Waals surface area contributed by atoms with Gasteiger partial charge in [0.05, 0.1) is 23.4 Å². The highest BCUT2D eigenvalue weighted by molar-refractivity contribution is 7.99. The van der Waals surface area contributed by atoms with E-state index in [2.05, 4.69) is 19.9 Å². The van der Waals surface area contributed by atoms with E-state index in [9.17, 15) is 0 Å². The fourth-order valence-electron chi connectivity index (χ4n) is 3.60. The third-order valence-electron chi connectivity index (χ3n) is 4.99. The molecule has 2 fully saturated rings. The van der Waals surface area contributed by atoms with Crippen LogP contribution in [0.5, 0.6) is 0 Å². The molecule has 0 aromatic carbocycles.